The zero-order valence-corrected chi connectivity index (χ0v) is 12.2. The van der Waals surface area contributed by atoms with Gasteiger partial charge in [0, 0.05) is 29.9 Å². The molecule has 0 saturated heterocycles. The molecule has 1 unspecified atom stereocenters. The van der Waals surface area contributed by atoms with Gasteiger partial charge in [0.2, 0.25) is 0 Å². The van der Waals surface area contributed by atoms with E-state index in [1.54, 1.807) is 12.4 Å². The van der Waals surface area contributed by atoms with Crippen LogP contribution >= 0.6 is 0 Å². The van der Waals surface area contributed by atoms with E-state index in [2.05, 4.69) is 26.3 Å². The van der Waals surface area contributed by atoms with E-state index >= 15 is 0 Å². The molecule has 3 aromatic rings. The molecule has 0 aliphatic rings. The molecule has 1 atom stereocenters. The van der Waals surface area contributed by atoms with Crippen molar-refractivity contribution in [3.05, 3.63) is 48.8 Å². The molecule has 108 valence electrons. The standard InChI is InChI=1S/C17H15N5/c1-12(10-18)11-20-17-14-4-2-3-5-15(14)21-16(22-17)13-6-8-19-9-7-13/h2-9,12H,11H2,1H3,(H,20,21,22). The van der Waals surface area contributed by atoms with E-state index in [9.17, 15) is 0 Å². The summed E-state index contributed by atoms with van der Waals surface area (Å²) in [6.07, 6.45) is 3.44. The fourth-order valence-corrected chi connectivity index (χ4v) is 2.14. The Morgan fingerprint density at radius 3 is 2.68 bits per heavy atom. The molecular weight excluding hydrogens is 274 g/mol. The second kappa shape index (κ2) is 6.19. The van der Waals surface area contributed by atoms with Gasteiger partial charge in [-0.25, -0.2) is 9.97 Å². The predicted molar refractivity (Wildman–Crippen MR) is 86.0 cm³/mol. The smallest absolute Gasteiger partial charge is 0.162 e. The molecule has 0 spiro atoms. The van der Waals surface area contributed by atoms with Crippen molar-refractivity contribution in [2.75, 3.05) is 11.9 Å². The number of para-hydroxylation sites is 1. The van der Waals surface area contributed by atoms with Gasteiger partial charge in [0.25, 0.3) is 0 Å². The van der Waals surface area contributed by atoms with Crippen molar-refractivity contribution >= 4 is 16.7 Å². The Hall–Kier alpha value is -3.00. The van der Waals surface area contributed by atoms with Crippen LogP contribution in [0.1, 0.15) is 6.92 Å². The zero-order valence-electron chi connectivity index (χ0n) is 12.2. The molecule has 0 aliphatic heterocycles. The van der Waals surface area contributed by atoms with E-state index in [0.717, 1.165) is 22.3 Å². The Balaban J connectivity index is 2.07. The van der Waals surface area contributed by atoms with E-state index in [1.165, 1.54) is 0 Å². The number of nitrogens with one attached hydrogen (secondary N) is 1. The third-order valence-electron chi connectivity index (χ3n) is 3.34. The third-order valence-corrected chi connectivity index (χ3v) is 3.34. The first-order valence-corrected chi connectivity index (χ1v) is 7.08. The lowest BCUT2D eigenvalue weighted by molar-refractivity contribution is 0.784. The molecule has 2 heterocycles. The first kappa shape index (κ1) is 14.0. The molecule has 22 heavy (non-hydrogen) atoms. The van der Waals surface area contributed by atoms with Gasteiger partial charge in [-0.1, -0.05) is 12.1 Å². The van der Waals surface area contributed by atoms with Crippen molar-refractivity contribution in [3.63, 3.8) is 0 Å². The van der Waals surface area contributed by atoms with Crippen LogP contribution in [0, 0.1) is 17.2 Å². The quantitative estimate of drug-likeness (QED) is 0.798. The third kappa shape index (κ3) is 2.86. The zero-order chi connectivity index (χ0) is 15.4. The van der Waals surface area contributed by atoms with Crippen LogP contribution in [0.5, 0.6) is 0 Å². The van der Waals surface area contributed by atoms with Crippen molar-refractivity contribution in [2.45, 2.75) is 6.92 Å². The minimum absolute atomic E-state index is 0.0851. The second-order valence-corrected chi connectivity index (χ2v) is 5.06. The number of fused-ring (bicyclic) bond motifs is 1. The molecule has 0 bridgehead atoms. The maximum Gasteiger partial charge on any atom is 0.162 e. The van der Waals surface area contributed by atoms with Gasteiger partial charge in [-0.15, -0.1) is 0 Å². The van der Waals surface area contributed by atoms with Crippen LogP contribution in [0.2, 0.25) is 0 Å². The number of nitrogens with zero attached hydrogens (tertiary/aromatic N) is 4. The van der Waals surface area contributed by atoms with Crippen LogP contribution in [-0.2, 0) is 0 Å². The molecule has 1 N–H and O–H groups in total. The van der Waals surface area contributed by atoms with Crippen LogP contribution in [0.15, 0.2) is 48.8 Å². The molecule has 0 radical (unpaired) electrons. The van der Waals surface area contributed by atoms with Crippen LogP contribution < -0.4 is 5.32 Å². The topological polar surface area (TPSA) is 74.5 Å². The summed E-state index contributed by atoms with van der Waals surface area (Å²) in [7, 11) is 0. The Morgan fingerprint density at radius 2 is 1.91 bits per heavy atom. The number of aromatic nitrogens is 3. The number of anilines is 1. The SMILES string of the molecule is CC(C#N)CNc1nc(-c2ccncc2)nc2ccccc12. The maximum absolute atomic E-state index is 8.93. The fraction of sp³-hybridized carbons (Fsp3) is 0.176. The first-order valence-electron chi connectivity index (χ1n) is 7.08. The van der Waals surface area contributed by atoms with Crippen LogP contribution in [0.4, 0.5) is 5.82 Å². The second-order valence-electron chi connectivity index (χ2n) is 5.06. The van der Waals surface area contributed by atoms with Gasteiger partial charge < -0.3 is 5.32 Å². The Bertz CT molecular complexity index is 823. The molecule has 1 aromatic carbocycles. The first-order chi connectivity index (χ1) is 10.8. The largest absolute Gasteiger partial charge is 0.368 e. The summed E-state index contributed by atoms with van der Waals surface area (Å²) >= 11 is 0. The molecule has 3 rings (SSSR count). The number of rotatable bonds is 4. The Kier molecular flexibility index (Phi) is 3.92. The molecule has 5 heteroatoms. The van der Waals surface area contributed by atoms with Gasteiger partial charge in [-0.3, -0.25) is 4.98 Å². The van der Waals surface area contributed by atoms with Crippen molar-refractivity contribution in [3.8, 4) is 17.5 Å². The molecule has 0 amide bonds. The summed E-state index contributed by atoms with van der Waals surface area (Å²) < 4.78 is 0. The summed E-state index contributed by atoms with van der Waals surface area (Å²) in [5.74, 6) is 1.31. The Labute approximate surface area is 128 Å². The summed E-state index contributed by atoms with van der Waals surface area (Å²) in [6, 6.07) is 13.8. The minimum atomic E-state index is -0.0851. The monoisotopic (exact) mass is 289 g/mol. The van der Waals surface area contributed by atoms with Crippen molar-refractivity contribution in [1.82, 2.24) is 15.0 Å². The van der Waals surface area contributed by atoms with Gasteiger partial charge in [0.05, 0.1) is 17.5 Å². The molecule has 0 aliphatic carbocycles. The van der Waals surface area contributed by atoms with Gasteiger partial charge in [-0.2, -0.15) is 5.26 Å². The van der Waals surface area contributed by atoms with Crippen molar-refractivity contribution in [2.24, 2.45) is 5.92 Å². The number of pyridine rings is 1. The van der Waals surface area contributed by atoms with E-state index in [1.807, 2.05) is 43.3 Å². The van der Waals surface area contributed by atoms with Crippen LogP contribution in [0.25, 0.3) is 22.3 Å². The predicted octanol–water partition coefficient (Wildman–Crippen LogP) is 3.26. The highest BCUT2D eigenvalue weighted by Gasteiger charge is 2.10. The lowest BCUT2D eigenvalue weighted by Gasteiger charge is -2.11. The Morgan fingerprint density at radius 1 is 1.14 bits per heavy atom. The van der Waals surface area contributed by atoms with E-state index < -0.39 is 0 Å². The lowest BCUT2D eigenvalue weighted by Crippen LogP contribution is -2.11. The van der Waals surface area contributed by atoms with Gasteiger partial charge in [-0.05, 0) is 31.2 Å². The van der Waals surface area contributed by atoms with E-state index in [4.69, 9.17) is 5.26 Å². The number of nitriles is 1. The molecule has 0 fully saturated rings. The number of hydrogen-bond acceptors (Lipinski definition) is 5. The van der Waals surface area contributed by atoms with Gasteiger partial charge >= 0.3 is 0 Å². The summed E-state index contributed by atoms with van der Waals surface area (Å²) in [5, 5.41) is 13.1. The van der Waals surface area contributed by atoms with Crippen LogP contribution in [-0.4, -0.2) is 21.5 Å². The average Bonchev–Trinajstić information content (AvgIpc) is 2.59. The van der Waals surface area contributed by atoms with Crippen molar-refractivity contribution in [1.29, 1.82) is 5.26 Å². The highest BCUT2D eigenvalue weighted by atomic mass is 15.0. The molecule has 5 nitrogen and oxygen atoms in total. The minimum Gasteiger partial charge on any atom is -0.368 e. The average molecular weight is 289 g/mol. The van der Waals surface area contributed by atoms with Crippen LogP contribution in [0.3, 0.4) is 0 Å². The van der Waals surface area contributed by atoms with Crippen molar-refractivity contribution < 1.29 is 0 Å². The summed E-state index contributed by atoms with van der Waals surface area (Å²) in [5.41, 5.74) is 1.79. The van der Waals surface area contributed by atoms with Gasteiger partial charge in [0.1, 0.15) is 5.82 Å². The summed E-state index contributed by atoms with van der Waals surface area (Å²) in [6.45, 7) is 2.42. The molecule has 0 saturated carbocycles. The molecule has 2 aromatic heterocycles. The highest BCUT2D eigenvalue weighted by Crippen LogP contribution is 2.24. The fourth-order valence-electron chi connectivity index (χ4n) is 2.14. The maximum atomic E-state index is 8.93. The normalized spacial score (nSPS) is 11.8. The summed E-state index contributed by atoms with van der Waals surface area (Å²) in [4.78, 5) is 13.2. The number of benzene rings is 1. The highest BCUT2D eigenvalue weighted by molar-refractivity contribution is 5.90. The van der Waals surface area contributed by atoms with E-state index in [-0.39, 0.29) is 5.92 Å². The van der Waals surface area contributed by atoms with E-state index in [0.29, 0.717) is 12.4 Å². The lowest BCUT2D eigenvalue weighted by atomic mass is 10.2. The molecular formula is C17H15N5. The van der Waals surface area contributed by atoms with Gasteiger partial charge in [0.15, 0.2) is 5.82 Å². The number of hydrogen-bond donors (Lipinski definition) is 1.